The molecule has 1 atom stereocenters. The highest BCUT2D eigenvalue weighted by molar-refractivity contribution is 5.78. The summed E-state index contributed by atoms with van der Waals surface area (Å²) in [6, 6.07) is 0. The molecule has 0 radical (unpaired) electrons. The van der Waals surface area contributed by atoms with Crippen LogP contribution in [0.2, 0.25) is 0 Å². The quantitative estimate of drug-likeness (QED) is 0.653. The van der Waals surface area contributed by atoms with Crippen LogP contribution in [0.15, 0.2) is 0 Å². The fraction of sp³-hybridized carbons (Fsp3) is 0.917. The molecule has 84 valence electrons. The summed E-state index contributed by atoms with van der Waals surface area (Å²) in [5.41, 5.74) is 5.45. The Balaban J connectivity index is 3.43. The zero-order valence-corrected chi connectivity index (χ0v) is 9.88. The highest BCUT2D eigenvalue weighted by atomic mass is 16.1. The van der Waals surface area contributed by atoms with Crippen molar-refractivity contribution in [2.45, 2.75) is 52.9 Å². The lowest BCUT2D eigenvalue weighted by Gasteiger charge is -2.09. The van der Waals surface area contributed by atoms with Crippen LogP contribution in [0.25, 0.3) is 0 Å². The van der Waals surface area contributed by atoms with Crippen molar-refractivity contribution in [2.24, 2.45) is 17.6 Å². The largest absolute Gasteiger partial charge is 0.330 e. The fourth-order valence-electron chi connectivity index (χ4n) is 1.41. The third-order valence-corrected chi connectivity index (χ3v) is 2.58. The molecule has 1 unspecified atom stereocenters. The molecule has 0 spiro atoms. The first-order valence-electron chi connectivity index (χ1n) is 5.78. The second-order valence-electron chi connectivity index (χ2n) is 4.69. The van der Waals surface area contributed by atoms with Gasteiger partial charge in [0, 0.05) is 12.8 Å². The number of Topliss-reactive ketones (excluding diaryl/α,β-unsaturated/α-hetero) is 1. The smallest absolute Gasteiger partial charge is 0.132 e. The van der Waals surface area contributed by atoms with E-state index in [1.165, 1.54) is 0 Å². The first kappa shape index (κ1) is 13.6. The summed E-state index contributed by atoms with van der Waals surface area (Å²) in [6.45, 7) is 7.22. The molecule has 0 amide bonds. The van der Waals surface area contributed by atoms with Gasteiger partial charge in [0.15, 0.2) is 0 Å². The van der Waals surface area contributed by atoms with Crippen molar-refractivity contribution in [3.63, 3.8) is 0 Å². The number of hydrogen-bond donors (Lipinski definition) is 1. The molecule has 0 fully saturated rings. The van der Waals surface area contributed by atoms with Crippen molar-refractivity contribution in [3.8, 4) is 0 Å². The first-order chi connectivity index (χ1) is 6.56. The molecule has 14 heavy (non-hydrogen) atoms. The van der Waals surface area contributed by atoms with Gasteiger partial charge in [-0.25, -0.2) is 0 Å². The minimum atomic E-state index is 0.419. The molecule has 0 heterocycles. The van der Waals surface area contributed by atoms with Crippen molar-refractivity contribution in [3.05, 3.63) is 0 Å². The van der Waals surface area contributed by atoms with Gasteiger partial charge >= 0.3 is 0 Å². The normalized spacial score (nSPS) is 13.2. The summed E-state index contributed by atoms with van der Waals surface area (Å²) < 4.78 is 0. The number of ketones is 1. The Morgan fingerprint density at radius 2 is 1.64 bits per heavy atom. The van der Waals surface area contributed by atoms with Crippen molar-refractivity contribution >= 4 is 5.78 Å². The molecule has 0 aromatic carbocycles. The Bertz CT molecular complexity index is 154. The molecule has 0 aliphatic carbocycles. The van der Waals surface area contributed by atoms with E-state index in [0.29, 0.717) is 17.6 Å². The molecule has 2 heteroatoms. The van der Waals surface area contributed by atoms with Crippen LogP contribution in [-0.4, -0.2) is 12.3 Å². The average Bonchev–Trinajstić information content (AvgIpc) is 2.12. The average molecular weight is 199 g/mol. The monoisotopic (exact) mass is 199 g/mol. The van der Waals surface area contributed by atoms with Gasteiger partial charge in [0.25, 0.3) is 0 Å². The van der Waals surface area contributed by atoms with Crippen molar-refractivity contribution in [1.82, 2.24) is 0 Å². The van der Waals surface area contributed by atoms with Crippen LogP contribution in [-0.2, 0) is 4.79 Å². The second-order valence-corrected chi connectivity index (χ2v) is 4.69. The van der Waals surface area contributed by atoms with Crippen LogP contribution in [0.1, 0.15) is 52.9 Å². The van der Waals surface area contributed by atoms with Crippen LogP contribution in [0.5, 0.6) is 0 Å². The van der Waals surface area contributed by atoms with Crippen molar-refractivity contribution in [1.29, 1.82) is 0 Å². The SMILES string of the molecule is CC(C)CCC(=O)CCC(C)CCN. The molecule has 0 aliphatic heterocycles. The Kier molecular flexibility index (Phi) is 7.77. The first-order valence-corrected chi connectivity index (χ1v) is 5.78. The van der Waals surface area contributed by atoms with Gasteiger partial charge in [-0.1, -0.05) is 20.8 Å². The fourth-order valence-corrected chi connectivity index (χ4v) is 1.41. The third-order valence-electron chi connectivity index (χ3n) is 2.58. The van der Waals surface area contributed by atoms with Gasteiger partial charge in [0.2, 0.25) is 0 Å². The zero-order valence-electron chi connectivity index (χ0n) is 9.88. The zero-order chi connectivity index (χ0) is 11.0. The summed E-state index contributed by atoms with van der Waals surface area (Å²) >= 11 is 0. The number of rotatable bonds is 8. The number of carbonyl (C=O) groups is 1. The van der Waals surface area contributed by atoms with E-state index in [4.69, 9.17) is 5.73 Å². The molecule has 0 aliphatic rings. The number of carbonyl (C=O) groups excluding carboxylic acids is 1. The van der Waals surface area contributed by atoms with Crippen LogP contribution >= 0.6 is 0 Å². The van der Waals surface area contributed by atoms with E-state index in [0.717, 1.165) is 38.6 Å². The Hall–Kier alpha value is -0.370. The Morgan fingerprint density at radius 3 is 2.14 bits per heavy atom. The van der Waals surface area contributed by atoms with Crippen molar-refractivity contribution in [2.75, 3.05) is 6.54 Å². The highest BCUT2D eigenvalue weighted by Gasteiger charge is 2.07. The second kappa shape index (κ2) is 7.98. The maximum Gasteiger partial charge on any atom is 0.132 e. The van der Waals surface area contributed by atoms with Crippen LogP contribution in [0, 0.1) is 11.8 Å². The predicted octanol–water partition coefficient (Wildman–Crippen LogP) is 2.76. The standard InChI is InChI=1S/C12H25NO/c1-10(2)4-6-12(14)7-5-11(3)8-9-13/h10-11H,4-9,13H2,1-3H3. The van der Waals surface area contributed by atoms with Gasteiger partial charge in [-0.15, -0.1) is 0 Å². The third kappa shape index (κ3) is 8.24. The van der Waals surface area contributed by atoms with Gasteiger partial charge in [0.05, 0.1) is 0 Å². The summed E-state index contributed by atoms with van der Waals surface area (Å²) in [5, 5.41) is 0. The molecular formula is C12H25NO. The summed E-state index contributed by atoms with van der Waals surface area (Å²) in [7, 11) is 0. The van der Waals surface area contributed by atoms with Gasteiger partial charge in [0.1, 0.15) is 5.78 Å². The lowest BCUT2D eigenvalue weighted by molar-refractivity contribution is -0.119. The molecule has 0 bridgehead atoms. The highest BCUT2D eigenvalue weighted by Crippen LogP contribution is 2.12. The number of hydrogen-bond acceptors (Lipinski definition) is 2. The van der Waals surface area contributed by atoms with E-state index in [1.807, 2.05) is 0 Å². The van der Waals surface area contributed by atoms with Crippen molar-refractivity contribution < 1.29 is 4.79 Å². The van der Waals surface area contributed by atoms with E-state index in [2.05, 4.69) is 20.8 Å². The lowest BCUT2D eigenvalue weighted by Crippen LogP contribution is -2.08. The van der Waals surface area contributed by atoms with Crippen LogP contribution < -0.4 is 5.73 Å². The molecule has 0 rings (SSSR count). The van der Waals surface area contributed by atoms with E-state index in [9.17, 15) is 4.79 Å². The van der Waals surface area contributed by atoms with E-state index in [1.54, 1.807) is 0 Å². The minimum Gasteiger partial charge on any atom is -0.330 e. The van der Waals surface area contributed by atoms with E-state index >= 15 is 0 Å². The molecule has 0 aromatic heterocycles. The Labute approximate surface area is 88.3 Å². The molecule has 2 nitrogen and oxygen atoms in total. The van der Waals surface area contributed by atoms with E-state index < -0.39 is 0 Å². The van der Waals surface area contributed by atoms with Gasteiger partial charge < -0.3 is 5.73 Å². The number of nitrogens with two attached hydrogens (primary N) is 1. The van der Waals surface area contributed by atoms with Gasteiger partial charge in [-0.05, 0) is 37.6 Å². The van der Waals surface area contributed by atoms with Crippen LogP contribution in [0.4, 0.5) is 0 Å². The molecule has 0 aromatic rings. The Morgan fingerprint density at radius 1 is 1.07 bits per heavy atom. The molecule has 0 saturated heterocycles. The van der Waals surface area contributed by atoms with Gasteiger partial charge in [-0.3, -0.25) is 4.79 Å². The summed E-state index contributed by atoms with van der Waals surface area (Å²) in [4.78, 5) is 11.4. The summed E-state index contributed by atoms with van der Waals surface area (Å²) in [5.74, 6) is 1.66. The maximum absolute atomic E-state index is 11.4. The molecular weight excluding hydrogens is 174 g/mol. The van der Waals surface area contributed by atoms with E-state index in [-0.39, 0.29) is 0 Å². The minimum absolute atomic E-state index is 0.419. The topological polar surface area (TPSA) is 43.1 Å². The lowest BCUT2D eigenvalue weighted by atomic mass is 9.97. The maximum atomic E-state index is 11.4. The molecule has 0 saturated carbocycles. The van der Waals surface area contributed by atoms with Gasteiger partial charge in [-0.2, -0.15) is 0 Å². The van der Waals surface area contributed by atoms with Crippen LogP contribution in [0.3, 0.4) is 0 Å². The predicted molar refractivity (Wildman–Crippen MR) is 61.1 cm³/mol. The summed E-state index contributed by atoms with van der Waals surface area (Å²) in [6.07, 6.45) is 4.58. The molecule has 2 N–H and O–H groups in total.